The monoisotopic (exact) mass is 244 g/mol. The van der Waals surface area contributed by atoms with Crippen molar-refractivity contribution in [2.45, 2.75) is 37.8 Å². The molecule has 17 heavy (non-hydrogen) atoms. The Morgan fingerprint density at radius 3 is 2.59 bits per heavy atom. The summed E-state index contributed by atoms with van der Waals surface area (Å²) in [4.78, 5) is 0. The molecular weight excluding hydrogens is 233 g/mol. The van der Waals surface area contributed by atoms with Crippen LogP contribution >= 0.6 is 0 Å². The maximum Gasteiger partial charge on any atom is 0.416 e. The lowest BCUT2D eigenvalue weighted by Crippen LogP contribution is -2.37. The van der Waals surface area contributed by atoms with Crippen LogP contribution in [0.15, 0.2) is 18.2 Å². The van der Waals surface area contributed by atoms with Gasteiger partial charge < -0.3 is 9.47 Å². The van der Waals surface area contributed by atoms with Gasteiger partial charge in [0.2, 0.25) is 0 Å². The van der Waals surface area contributed by atoms with Crippen LogP contribution < -0.4 is 4.74 Å². The Morgan fingerprint density at radius 1 is 1.24 bits per heavy atom. The number of epoxide rings is 1. The quantitative estimate of drug-likeness (QED) is 0.653. The lowest BCUT2D eigenvalue weighted by Gasteiger charge is -2.29. The topological polar surface area (TPSA) is 21.8 Å². The summed E-state index contributed by atoms with van der Waals surface area (Å²) in [5.74, 6) is 0.281. The predicted octanol–water partition coefficient (Wildman–Crippen LogP) is 3.32. The largest absolute Gasteiger partial charge is 0.485 e. The van der Waals surface area contributed by atoms with Gasteiger partial charge in [-0.3, -0.25) is 0 Å². The molecule has 0 saturated carbocycles. The highest BCUT2D eigenvalue weighted by molar-refractivity contribution is 5.45. The van der Waals surface area contributed by atoms with Gasteiger partial charge in [0.1, 0.15) is 23.6 Å². The molecule has 92 valence electrons. The molecule has 5 heteroatoms. The first-order chi connectivity index (χ1) is 7.79. The highest BCUT2D eigenvalue weighted by Gasteiger charge is 2.56. The molecule has 2 aliphatic heterocycles. The molecule has 0 N–H and O–H groups in total. The van der Waals surface area contributed by atoms with Gasteiger partial charge in [0, 0.05) is 5.56 Å². The van der Waals surface area contributed by atoms with E-state index < -0.39 is 17.3 Å². The third kappa shape index (κ3) is 1.60. The fourth-order valence-corrected chi connectivity index (χ4v) is 2.25. The van der Waals surface area contributed by atoms with E-state index in [1.54, 1.807) is 0 Å². The standard InChI is InChI=1S/C12H11F3O2/c1-11(2)10-9(16-10)7-4-3-6(12(13,14)15)5-8(7)17-11/h3-5,9-10H,1-2H3. The first kappa shape index (κ1) is 10.9. The van der Waals surface area contributed by atoms with Crippen LogP contribution in [0.5, 0.6) is 5.75 Å². The second-order valence-corrected chi connectivity index (χ2v) is 4.93. The maximum absolute atomic E-state index is 12.6. The van der Waals surface area contributed by atoms with Gasteiger partial charge in [-0.05, 0) is 26.0 Å². The number of fused-ring (bicyclic) bond motifs is 3. The molecular formula is C12H11F3O2. The Hall–Kier alpha value is -1.23. The van der Waals surface area contributed by atoms with Gasteiger partial charge in [0.25, 0.3) is 0 Å². The molecule has 0 radical (unpaired) electrons. The molecule has 0 bridgehead atoms. The van der Waals surface area contributed by atoms with Crippen LogP contribution in [0.25, 0.3) is 0 Å². The average molecular weight is 244 g/mol. The van der Waals surface area contributed by atoms with E-state index in [-0.39, 0.29) is 18.0 Å². The highest BCUT2D eigenvalue weighted by Crippen LogP contribution is 2.54. The summed E-state index contributed by atoms with van der Waals surface area (Å²) in [5.41, 5.74) is -0.546. The van der Waals surface area contributed by atoms with Gasteiger partial charge in [-0.1, -0.05) is 6.07 Å². The third-order valence-electron chi connectivity index (χ3n) is 3.20. The Bertz CT molecular complexity index is 479. The van der Waals surface area contributed by atoms with Crippen molar-refractivity contribution >= 4 is 0 Å². The number of alkyl halides is 3. The summed E-state index contributed by atoms with van der Waals surface area (Å²) in [6, 6.07) is 3.56. The van der Waals surface area contributed by atoms with Crippen molar-refractivity contribution < 1.29 is 22.6 Å². The normalized spacial score (nSPS) is 29.0. The second kappa shape index (κ2) is 2.96. The smallest absolute Gasteiger partial charge is 0.416 e. The molecule has 0 aliphatic carbocycles. The summed E-state index contributed by atoms with van der Waals surface area (Å²) >= 11 is 0. The van der Waals surface area contributed by atoms with Gasteiger partial charge in [0.15, 0.2) is 0 Å². The molecule has 2 atom stereocenters. The number of benzene rings is 1. The molecule has 1 aromatic carbocycles. The summed E-state index contributed by atoms with van der Waals surface area (Å²) in [7, 11) is 0. The van der Waals surface area contributed by atoms with Crippen molar-refractivity contribution in [3.05, 3.63) is 29.3 Å². The van der Waals surface area contributed by atoms with Gasteiger partial charge >= 0.3 is 6.18 Å². The van der Waals surface area contributed by atoms with Crippen molar-refractivity contribution in [2.24, 2.45) is 0 Å². The molecule has 1 saturated heterocycles. The van der Waals surface area contributed by atoms with Gasteiger partial charge in [-0.15, -0.1) is 0 Å². The zero-order valence-electron chi connectivity index (χ0n) is 9.34. The van der Waals surface area contributed by atoms with Crippen molar-refractivity contribution in [3.63, 3.8) is 0 Å². The van der Waals surface area contributed by atoms with Crippen LogP contribution in [-0.2, 0) is 10.9 Å². The van der Waals surface area contributed by atoms with Crippen molar-refractivity contribution in [1.82, 2.24) is 0 Å². The van der Waals surface area contributed by atoms with Crippen LogP contribution in [0.3, 0.4) is 0 Å². The van der Waals surface area contributed by atoms with Crippen molar-refractivity contribution in [3.8, 4) is 5.75 Å². The fourth-order valence-electron chi connectivity index (χ4n) is 2.25. The number of halogens is 3. The van der Waals surface area contributed by atoms with E-state index in [1.807, 2.05) is 13.8 Å². The molecule has 1 aromatic rings. The first-order valence-electron chi connectivity index (χ1n) is 5.35. The van der Waals surface area contributed by atoms with Crippen molar-refractivity contribution in [2.75, 3.05) is 0 Å². The van der Waals surface area contributed by atoms with Crippen LogP contribution in [0.2, 0.25) is 0 Å². The van der Waals surface area contributed by atoms with Crippen LogP contribution in [0, 0.1) is 0 Å². The number of hydrogen-bond acceptors (Lipinski definition) is 2. The summed E-state index contributed by atoms with van der Waals surface area (Å²) in [6.07, 6.45) is -4.51. The number of ether oxygens (including phenoxy) is 2. The highest BCUT2D eigenvalue weighted by atomic mass is 19.4. The maximum atomic E-state index is 12.6. The fraction of sp³-hybridized carbons (Fsp3) is 0.500. The third-order valence-corrected chi connectivity index (χ3v) is 3.20. The summed E-state index contributed by atoms with van der Waals surface area (Å²) in [5, 5.41) is 0. The van der Waals surface area contributed by atoms with E-state index in [1.165, 1.54) is 6.07 Å². The van der Waals surface area contributed by atoms with Crippen molar-refractivity contribution in [1.29, 1.82) is 0 Å². The Kier molecular flexibility index (Phi) is 1.90. The van der Waals surface area contributed by atoms with E-state index in [4.69, 9.17) is 9.47 Å². The molecule has 0 spiro atoms. The first-order valence-corrected chi connectivity index (χ1v) is 5.35. The molecule has 0 amide bonds. The molecule has 2 aliphatic rings. The van der Waals surface area contributed by atoms with Gasteiger partial charge in [0.05, 0.1) is 5.56 Å². The van der Waals surface area contributed by atoms with E-state index in [9.17, 15) is 13.2 Å². The minimum atomic E-state index is -4.34. The van der Waals surface area contributed by atoms with Crippen LogP contribution in [0.1, 0.15) is 31.1 Å². The number of hydrogen-bond donors (Lipinski definition) is 0. The average Bonchev–Trinajstić information content (AvgIpc) is 2.95. The zero-order valence-corrected chi connectivity index (χ0v) is 9.34. The second-order valence-electron chi connectivity index (χ2n) is 4.93. The van der Waals surface area contributed by atoms with E-state index in [0.29, 0.717) is 5.56 Å². The van der Waals surface area contributed by atoms with E-state index >= 15 is 0 Å². The molecule has 1 fully saturated rings. The number of rotatable bonds is 0. The minimum Gasteiger partial charge on any atom is -0.485 e. The Balaban J connectivity index is 2.05. The van der Waals surface area contributed by atoms with E-state index in [0.717, 1.165) is 12.1 Å². The Labute approximate surface area is 96.3 Å². The molecule has 2 heterocycles. The van der Waals surface area contributed by atoms with Crippen LogP contribution in [0.4, 0.5) is 13.2 Å². The minimum absolute atomic E-state index is 0.0493. The van der Waals surface area contributed by atoms with E-state index in [2.05, 4.69) is 0 Å². The lowest BCUT2D eigenvalue weighted by atomic mass is 9.93. The SMILES string of the molecule is CC1(C)Oc2cc(C(F)(F)F)ccc2C2OC21. The summed E-state index contributed by atoms with van der Waals surface area (Å²) < 4.78 is 48.7. The predicted molar refractivity (Wildman–Crippen MR) is 53.8 cm³/mol. The Morgan fingerprint density at radius 2 is 1.94 bits per heavy atom. The molecule has 2 nitrogen and oxygen atoms in total. The van der Waals surface area contributed by atoms with Gasteiger partial charge in [-0.2, -0.15) is 13.2 Å². The molecule has 0 aromatic heterocycles. The lowest BCUT2D eigenvalue weighted by molar-refractivity contribution is -0.137. The zero-order chi connectivity index (χ0) is 12.4. The molecule has 3 rings (SSSR count). The van der Waals surface area contributed by atoms with Gasteiger partial charge in [-0.25, -0.2) is 0 Å². The molecule has 2 unspecified atom stereocenters. The van der Waals surface area contributed by atoms with Crippen LogP contribution in [-0.4, -0.2) is 11.7 Å². The summed E-state index contributed by atoms with van der Waals surface area (Å²) in [6.45, 7) is 3.64.